The molecule has 0 saturated heterocycles. The van der Waals surface area contributed by atoms with E-state index >= 15 is 0 Å². The van der Waals surface area contributed by atoms with E-state index in [4.69, 9.17) is 13.9 Å². The van der Waals surface area contributed by atoms with E-state index in [9.17, 15) is 0 Å². The van der Waals surface area contributed by atoms with Crippen molar-refractivity contribution in [1.29, 1.82) is 0 Å². The average molecular weight is 624 g/mol. The fourth-order valence-corrected chi connectivity index (χ4v) is 3.66. The third-order valence-electron chi connectivity index (χ3n) is 5.12. The minimum atomic E-state index is 0. The van der Waals surface area contributed by atoms with Crippen molar-refractivity contribution in [1.82, 2.24) is 9.97 Å². The Hall–Kier alpha value is -3.95. The van der Waals surface area contributed by atoms with Gasteiger partial charge >= 0.3 is 21.1 Å². The molecule has 3 heterocycles. The van der Waals surface area contributed by atoms with Crippen LogP contribution < -0.4 is 9.47 Å². The van der Waals surface area contributed by atoms with Crippen LogP contribution in [0.5, 0.6) is 23.4 Å². The minimum Gasteiger partial charge on any atom is -0.501 e. The molecule has 34 heavy (non-hydrogen) atoms. The summed E-state index contributed by atoms with van der Waals surface area (Å²) in [6.07, 6.45) is 0. The first kappa shape index (κ1) is 21.9. The van der Waals surface area contributed by atoms with E-state index in [1.165, 1.54) is 0 Å². The third-order valence-corrected chi connectivity index (χ3v) is 5.12. The topological polar surface area (TPSA) is 57.4 Å². The third kappa shape index (κ3) is 4.30. The fourth-order valence-electron chi connectivity index (χ4n) is 3.66. The number of para-hydroxylation sites is 2. The maximum atomic E-state index is 6.12. The predicted molar refractivity (Wildman–Crippen MR) is 125 cm³/mol. The number of aromatic nitrogens is 2. The summed E-state index contributed by atoms with van der Waals surface area (Å²) in [4.78, 5) is 9.09. The smallest absolute Gasteiger partial charge is 0.501 e. The van der Waals surface area contributed by atoms with Crippen molar-refractivity contribution in [2.75, 3.05) is 0 Å². The first-order valence-electron chi connectivity index (χ1n) is 10.4. The van der Waals surface area contributed by atoms with Crippen molar-refractivity contribution < 1.29 is 35.0 Å². The van der Waals surface area contributed by atoms with E-state index in [0.717, 1.165) is 27.5 Å². The first-order valence-corrected chi connectivity index (χ1v) is 10.4. The van der Waals surface area contributed by atoms with E-state index < -0.39 is 0 Å². The number of fused-ring (bicyclic) bond motifs is 3. The monoisotopic (exact) mass is 623 g/mol. The van der Waals surface area contributed by atoms with Gasteiger partial charge in [-0.1, -0.05) is 47.3 Å². The summed E-state index contributed by atoms with van der Waals surface area (Å²) in [6.45, 7) is 0. The molecule has 0 fully saturated rings. The molecule has 0 atom stereocenters. The van der Waals surface area contributed by atoms with E-state index in [1.54, 1.807) is 24.3 Å². The van der Waals surface area contributed by atoms with Crippen LogP contribution in [0.2, 0.25) is 0 Å². The Labute approximate surface area is 210 Å². The minimum absolute atomic E-state index is 0. The number of benzene rings is 3. The molecule has 0 radical (unpaired) electrons. The van der Waals surface area contributed by atoms with Crippen molar-refractivity contribution in [2.24, 2.45) is 0 Å². The second-order valence-electron chi connectivity index (χ2n) is 7.30. The maximum absolute atomic E-state index is 6.12. The van der Waals surface area contributed by atoms with E-state index in [2.05, 4.69) is 22.1 Å². The summed E-state index contributed by atoms with van der Waals surface area (Å²) in [5, 5.41) is 2.09. The molecule has 3 aromatic heterocycles. The maximum Gasteiger partial charge on any atom is 2.00 e. The second-order valence-corrected chi connectivity index (χ2v) is 7.30. The molecule has 0 bridgehead atoms. The zero-order chi connectivity index (χ0) is 22.0. The second kappa shape index (κ2) is 9.50. The number of ether oxygens (including phenoxy) is 2. The zero-order valence-electron chi connectivity index (χ0n) is 17.7. The predicted octanol–water partition coefficient (Wildman–Crippen LogP) is 7.23. The first-order chi connectivity index (χ1) is 16.3. The standard InChI is InChI=1S/C28H16N2O3.Pt/c1-2-9-19(10-3-1)31-26-17-8-18-27(30-26)33-25-16-7-14-23(29-25)22-13-6-12-21-20-11-4-5-15-24(20)32-28(21)22;/h1-9,11-12,14-18H;/q-2;+2. The summed E-state index contributed by atoms with van der Waals surface area (Å²) < 4.78 is 17.8. The van der Waals surface area contributed by atoms with E-state index in [-0.39, 0.29) is 21.1 Å². The Morgan fingerprint density at radius 1 is 0.618 bits per heavy atom. The molecule has 3 aromatic carbocycles. The van der Waals surface area contributed by atoms with Crippen LogP contribution in [0.4, 0.5) is 0 Å². The largest absolute Gasteiger partial charge is 2.00 e. The van der Waals surface area contributed by atoms with Gasteiger partial charge in [0.15, 0.2) is 0 Å². The number of furan rings is 1. The molecule has 6 aromatic rings. The molecule has 6 heteroatoms. The van der Waals surface area contributed by atoms with Gasteiger partial charge in [0.05, 0.1) is 5.58 Å². The Morgan fingerprint density at radius 3 is 2.24 bits per heavy atom. The van der Waals surface area contributed by atoms with Crippen LogP contribution in [0.15, 0.2) is 101 Å². The number of pyridine rings is 2. The van der Waals surface area contributed by atoms with Gasteiger partial charge in [0.1, 0.15) is 5.58 Å². The summed E-state index contributed by atoms with van der Waals surface area (Å²) in [6, 6.07) is 36.4. The van der Waals surface area contributed by atoms with Gasteiger partial charge in [-0.3, -0.25) is 4.98 Å². The molecule has 0 saturated carbocycles. The average Bonchev–Trinajstić information content (AvgIpc) is 3.24. The molecule has 0 spiro atoms. The van der Waals surface area contributed by atoms with Gasteiger partial charge < -0.3 is 13.9 Å². The van der Waals surface area contributed by atoms with E-state index in [0.29, 0.717) is 29.1 Å². The van der Waals surface area contributed by atoms with Crippen molar-refractivity contribution in [3.8, 4) is 34.6 Å². The Balaban J connectivity index is 0.00000241. The molecule has 0 unspecified atom stereocenters. The Bertz CT molecular complexity index is 1580. The van der Waals surface area contributed by atoms with Crippen LogP contribution in [0.3, 0.4) is 0 Å². The summed E-state index contributed by atoms with van der Waals surface area (Å²) >= 11 is 0. The van der Waals surface area contributed by atoms with E-state index in [1.807, 2.05) is 72.8 Å². The van der Waals surface area contributed by atoms with Gasteiger partial charge in [0.2, 0.25) is 17.6 Å². The quantitative estimate of drug-likeness (QED) is 0.190. The van der Waals surface area contributed by atoms with Crippen LogP contribution in [-0.4, -0.2) is 9.97 Å². The number of nitrogens with zero attached hydrogens (tertiary/aromatic N) is 2. The molecule has 5 nitrogen and oxygen atoms in total. The zero-order valence-corrected chi connectivity index (χ0v) is 19.9. The van der Waals surface area contributed by atoms with Gasteiger partial charge in [-0.15, -0.1) is 30.3 Å². The number of rotatable bonds is 5. The fraction of sp³-hybridized carbons (Fsp3) is 0. The van der Waals surface area contributed by atoms with Gasteiger partial charge in [0.25, 0.3) is 0 Å². The van der Waals surface area contributed by atoms with Crippen molar-refractivity contribution in [2.45, 2.75) is 0 Å². The normalized spacial score (nSPS) is 10.7. The molecular formula is C28H16N2O3Pt. The van der Waals surface area contributed by atoms with Gasteiger partial charge in [-0.05, 0) is 17.8 Å². The van der Waals surface area contributed by atoms with Crippen LogP contribution in [-0.2, 0) is 21.1 Å². The molecule has 0 aliphatic heterocycles. The number of hydrogen-bond donors (Lipinski definition) is 0. The van der Waals surface area contributed by atoms with Crippen LogP contribution >= 0.6 is 0 Å². The SMILES string of the molecule is [Pt+2].[c-]1ccccc1Oc1cccc(Oc2cccc(-c3[c-]ccc4c3oc3ccccc34)n2)n1. The molecule has 0 aliphatic carbocycles. The molecule has 0 N–H and O–H groups in total. The molecule has 0 amide bonds. The molecular weight excluding hydrogens is 607 g/mol. The summed E-state index contributed by atoms with van der Waals surface area (Å²) in [5.74, 6) is 1.77. The van der Waals surface area contributed by atoms with Crippen LogP contribution in [0.25, 0.3) is 33.2 Å². The van der Waals surface area contributed by atoms with Crippen LogP contribution in [0.1, 0.15) is 0 Å². The van der Waals surface area contributed by atoms with Crippen LogP contribution in [0, 0.1) is 12.1 Å². The summed E-state index contributed by atoms with van der Waals surface area (Å²) in [5.41, 5.74) is 3.05. The van der Waals surface area contributed by atoms with Crippen molar-refractivity contribution in [3.05, 3.63) is 109 Å². The van der Waals surface area contributed by atoms with Gasteiger partial charge in [0, 0.05) is 23.3 Å². The summed E-state index contributed by atoms with van der Waals surface area (Å²) in [7, 11) is 0. The van der Waals surface area contributed by atoms with Gasteiger partial charge in [-0.2, -0.15) is 23.2 Å². The molecule has 0 aliphatic rings. The Kier molecular flexibility index (Phi) is 6.11. The van der Waals surface area contributed by atoms with Crippen molar-refractivity contribution in [3.63, 3.8) is 0 Å². The van der Waals surface area contributed by atoms with Crippen molar-refractivity contribution >= 4 is 21.9 Å². The number of hydrogen-bond acceptors (Lipinski definition) is 5. The molecule has 166 valence electrons. The molecule has 6 rings (SSSR count). The van der Waals surface area contributed by atoms with Gasteiger partial charge in [-0.25, -0.2) is 0 Å². The Morgan fingerprint density at radius 2 is 1.38 bits per heavy atom.